The predicted molar refractivity (Wildman–Crippen MR) is 197 cm³/mol. The third-order valence-electron chi connectivity index (χ3n) is 9.19. The molecule has 1 aromatic heterocycles. The van der Waals surface area contributed by atoms with Gasteiger partial charge in [-0.1, -0.05) is 60.7 Å². The first-order valence-electron chi connectivity index (χ1n) is 17.5. The molecule has 5 rings (SSSR count). The Labute approximate surface area is 308 Å². The highest BCUT2D eigenvalue weighted by molar-refractivity contribution is 5.95. The SMILES string of the molecule is CC(=O)N1CCN(c2ccc(CN(C(=O)C=Cc3ccc(C(F)(F)F)cc3)[C@@H](Cc3ccccc3)C(=O)N(C)CCOCc3cccnc3)cc2)CC1. The molecule has 0 saturated carbocycles. The molecule has 1 saturated heterocycles. The first kappa shape index (κ1) is 38.7. The average molecular weight is 728 g/mol. The monoisotopic (exact) mass is 727 g/mol. The van der Waals surface area contributed by atoms with Gasteiger partial charge >= 0.3 is 6.18 Å². The molecule has 1 aliphatic heterocycles. The third-order valence-corrected chi connectivity index (χ3v) is 9.19. The quantitative estimate of drug-likeness (QED) is 0.115. The number of hydrogen-bond acceptors (Lipinski definition) is 6. The maximum Gasteiger partial charge on any atom is 0.416 e. The maximum atomic E-state index is 14.3. The van der Waals surface area contributed by atoms with Gasteiger partial charge in [0.25, 0.3) is 0 Å². The summed E-state index contributed by atoms with van der Waals surface area (Å²) in [6, 6.07) is 24.6. The van der Waals surface area contributed by atoms with Gasteiger partial charge in [0.2, 0.25) is 17.7 Å². The standard InChI is InChI=1S/C41H44F3N5O4/c1-31(50)47-21-23-48(24-22-47)37-17-12-34(13-18-37)29-49(39(51)19-14-32-10-15-36(16-11-32)41(42,43)44)38(27-33-7-4-3-5-8-33)40(52)46(2)25-26-53-30-35-9-6-20-45-28-35/h3-20,28,38H,21-27,29-30H2,1-2H3/t38-/m0/s1. The Balaban J connectivity index is 1.38. The molecule has 1 atom stereocenters. The number of ether oxygens (including phenoxy) is 1. The predicted octanol–water partition coefficient (Wildman–Crippen LogP) is 6.10. The highest BCUT2D eigenvalue weighted by Crippen LogP contribution is 2.29. The molecule has 0 bridgehead atoms. The topological polar surface area (TPSA) is 86.3 Å². The molecule has 0 radical (unpaired) electrons. The molecule has 4 aromatic rings. The fourth-order valence-corrected chi connectivity index (χ4v) is 6.08. The molecule has 278 valence electrons. The molecule has 2 heterocycles. The lowest BCUT2D eigenvalue weighted by atomic mass is 10.0. The van der Waals surface area contributed by atoms with Crippen LogP contribution in [0.5, 0.6) is 0 Å². The molecular weight excluding hydrogens is 683 g/mol. The second-order valence-corrected chi connectivity index (χ2v) is 13.0. The van der Waals surface area contributed by atoms with Gasteiger partial charge in [-0.05, 0) is 58.7 Å². The number of hydrogen-bond donors (Lipinski definition) is 0. The number of piperazine rings is 1. The van der Waals surface area contributed by atoms with Crippen LogP contribution in [0, 0.1) is 0 Å². The van der Waals surface area contributed by atoms with Crippen LogP contribution in [0.3, 0.4) is 0 Å². The smallest absolute Gasteiger partial charge is 0.375 e. The highest BCUT2D eigenvalue weighted by Gasteiger charge is 2.32. The zero-order valence-electron chi connectivity index (χ0n) is 29.9. The lowest BCUT2D eigenvalue weighted by molar-refractivity contribution is -0.143. The van der Waals surface area contributed by atoms with Crippen molar-refractivity contribution in [1.29, 1.82) is 0 Å². The Morgan fingerprint density at radius 1 is 0.868 bits per heavy atom. The number of halogens is 3. The van der Waals surface area contributed by atoms with Crippen molar-refractivity contribution in [2.24, 2.45) is 0 Å². The van der Waals surface area contributed by atoms with Gasteiger partial charge in [-0.3, -0.25) is 19.4 Å². The summed E-state index contributed by atoms with van der Waals surface area (Å²) >= 11 is 0. The number of nitrogens with zero attached hydrogens (tertiary/aromatic N) is 5. The molecule has 1 aliphatic rings. The van der Waals surface area contributed by atoms with Gasteiger partial charge in [0.05, 0.1) is 18.8 Å². The average Bonchev–Trinajstić information content (AvgIpc) is 3.17. The zero-order chi connectivity index (χ0) is 37.8. The summed E-state index contributed by atoms with van der Waals surface area (Å²) in [7, 11) is 1.68. The number of carbonyl (C=O) groups excluding carboxylic acids is 3. The van der Waals surface area contributed by atoms with Crippen molar-refractivity contribution in [3.63, 3.8) is 0 Å². The van der Waals surface area contributed by atoms with Crippen molar-refractivity contribution in [1.82, 2.24) is 19.7 Å². The van der Waals surface area contributed by atoms with E-state index in [1.165, 1.54) is 29.2 Å². The fourth-order valence-electron chi connectivity index (χ4n) is 6.08. The van der Waals surface area contributed by atoms with E-state index in [9.17, 15) is 27.6 Å². The van der Waals surface area contributed by atoms with Crippen molar-refractivity contribution in [2.45, 2.75) is 38.7 Å². The number of rotatable bonds is 14. The Bertz CT molecular complexity index is 1810. The Morgan fingerprint density at radius 3 is 2.17 bits per heavy atom. The first-order chi connectivity index (χ1) is 25.5. The maximum absolute atomic E-state index is 14.3. The molecule has 3 aromatic carbocycles. The van der Waals surface area contributed by atoms with E-state index < -0.39 is 23.7 Å². The van der Waals surface area contributed by atoms with Crippen molar-refractivity contribution >= 4 is 29.5 Å². The van der Waals surface area contributed by atoms with Gasteiger partial charge in [0.15, 0.2) is 0 Å². The van der Waals surface area contributed by atoms with Crippen LogP contribution in [0.15, 0.2) is 109 Å². The second kappa shape index (κ2) is 18.3. The summed E-state index contributed by atoms with van der Waals surface area (Å²) in [5, 5.41) is 0. The molecule has 0 spiro atoms. The van der Waals surface area contributed by atoms with Gasteiger partial charge in [-0.25, -0.2) is 0 Å². The van der Waals surface area contributed by atoms with Crippen molar-refractivity contribution in [2.75, 3.05) is 51.3 Å². The van der Waals surface area contributed by atoms with Crippen LogP contribution < -0.4 is 4.90 Å². The van der Waals surface area contributed by atoms with E-state index in [0.717, 1.165) is 34.5 Å². The van der Waals surface area contributed by atoms with Gasteiger partial charge in [0, 0.05) is 83.8 Å². The van der Waals surface area contributed by atoms with E-state index in [-0.39, 0.29) is 37.9 Å². The van der Waals surface area contributed by atoms with E-state index in [1.54, 1.807) is 31.3 Å². The largest absolute Gasteiger partial charge is 0.416 e. The summed E-state index contributed by atoms with van der Waals surface area (Å²) in [5.74, 6) is -0.695. The second-order valence-electron chi connectivity index (χ2n) is 13.0. The summed E-state index contributed by atoms with van der Waals surface area (Å²) in [6.07, 6.45) is 1.91. The molecular formula is C41H44F3N5O4. The number of likely N-dealkylation sites (N-methyl/N-ethyl adjacent to an activating group) is 1. The van der Waals surface area contributed by atoms with Gasteiger partial charge in [-0.15, -0.1) is 0 Å². The van der Waals surface area contributed by atoms with Gasteiger partial charge < -0.3 is 24.3 Å². The van der Waals surface area contributed by atoms with E-state index >= 15 is 0 Å². The number of alkyl halides is 3. The van der Waals surface area contributed by atoms with Crippen molar-refractivity contribution in [3.8, 4) is 0 Å². The number of carbonyl (C=O) groups is 3. The number of anilines is 1. The van der Waals surface area contributed by atoms with Crippen LogP contribution in [0.2, 0.25) is 0 Å². The Kier molecular flexibility index (Phi) is 13.4. The van der Waals surface area contributed by atoms with Crippen LogP contribution in [-0.2, 0) is 44.9 Å². The molecule has 1 fully saturated rings. The van der Waals surface area contributed by atoms with E-state index in [2.05, 4.69) is 9.88 Å². The van der Waals surface area contributed by atoms with Gasteiger partial charge in [0.1, 0.15) is 6.04 Å². The van der Waals surface area contributed by atoms with E-state index in [0.29, 0.717) is 38.3 Å². The van der Waals surface area contributed by atoms with E-state index in [4.69, 9.17) is 4.74 Å². The minimum atomic E-state index is -4.48. The minimum absolute atomic E-state index is 0.0552. The lowest BCUT2D eigenvalue weighted by Gasteiger charge is -2.36. The summed E-state index contributed by atoms with van der Waals surface area (Å²) in [6.45, 7) is 5.22. The van der Waals surface area contributed by atoms with Crippen LogP contribution in [0.1, 0.15) is 34.7 Å². The molecule has 0 unspecified atom stereocenters. The normalized spacial score (nSPS) is 13.9. The highest BCUT2D eigenvalue weighted by atomic mass is 19.4. The Morgan fingerprint density at radius 2 is 1.55 bits per heavy atom. The number of aromatic nitrogens is 1. The first-order valence-corrected chi connectivity index (χ1v) is 17.5. The van der Waals surface area contributed by atoms with Crippen LogP contribution in [0.25, 0.3) is 6.08 Å². The fraction of sp³-hybridized carbons (Fsp3) is 0.317. The lowest BCUT2D eigenvalue weighted by Crippen LogP contribution is -2.51. The number of benzene rings is 3. The summed E-state index contributed by atoms with van der Waals surface area (Å²) < 4.78 is 45.3. The number of amides is 3. The van der Waals surface area contributed by atoms with Crippen LogP contribution >= 0.6 is 0 Å². The van der Waals surface area contributed by atoms with Crippen molar-refractivity contribution in [3.05, 3.63) is 137 Å². The summed E-state index contributed by atoms with van der Waals surface area (Å²) in [5.41, 5.74) is 3.17. The van der Waals surface area contributed by atoms with Gasteiger partial charge in [-0.2, -0.15) is 13.2 Å². The molecule has 0 aliphatic carbocycles. The molecule has 9 nitrogen and oxygen atoms in total. The Hall–Kier alpha value is -5.49. The molecule has 53 heavy (non-hydrogen) atoms. The summed E-state index contributed by atoms with van der Waals surface area (Å²) in [4.78, 5) is 51.4. The van der Waals surface area contributed by atoms with Crippen LogP contribution in [0.4, 0.5) is 18.9 Å². The molecule has 0 N–H and O–H groups in total. The number of pyridine rings is 1. The van der Waals surface area contributed by atoms with Crippen LogP contribution in [-0.4, -0.2) is 89.8 Å². The zero-order valence-corrected chi connectivity index (χ0v) is 29.9. The molecule has 3 amide bonds. The minimum Gasteiger partial charge on any atom is -0.375 e. The van der Waals surface area contributed by atoms with Crippen molar-refractivity contribution < 1.29 is 32.3 Å². The molecule has 12 heteroatoms. The third kappa shape index (κ3) is 11.2. The van der Waals surface area contributed by atoms with E-state index in [1.807, 2.05) is 71.6 Å².